The van der Waals surface area contributed by atoms with Gasteiger partial charge in [-0.1, -0.05) is 23.7 Å². The Bertz CT molecular complexity index is 831. The monoisotopic (exact) mass is 413 g/mol. The molecule has 0 unspecified atom stereocenters. The number of benzene rings is 1. The van der Waals surface area contributed by atoms with Crippen LogP contribution >= 0.6 is 11.6 Å². The molecule has 2 saturated heterocycles. The van der Waals surface area contributed by atoms with Crippen molar-refractivity contribution in [3.63, 3.8) is 0 Å². The maximum Gasteiger partial charge on any atom is 0.227 e. The zero-order valence-corrected chi connectivity index (χ0v) is 17.5. The first-order valence-corrected chi connectivity index (χ1v) is 10.9. The van der Waals surface area contributed by atoms with Crippen LogP contribution in [0.1, 0.15) is 31.2 Å². The van der Waals surface area contributed by atoms with Crippen LogP contribution in [0.4, 0.5) is 11.8 Å². The molecule has 7 heteroatoms. The smallest absolute Gasteiger partial charge is 0.227 e. The molecular weight excluding hydrogens is 386 g/mol. The van der Waals surface area contributed by atoms with E-state index in [1.165, 1.54) is 19.3 Å². The Hall–Kier alpha value is -2.34. The molecule has 3 heterocycles. The van der Waals surface area contributed by atoms with Crippen LogP contribution in [0.25, 0.3) is 0 Å². The summed E-state index contributed by atoms with van der Waals surface area (Å²) in [6.07, 6.45) is 6.82. The summed E-state index contributed by atoms with van der Waals surface area (Å²) in [5.41, 5.74) is 1.11. The lowest BCUT2D eigenvalue weighted by molar-refractivity contribution is -0.131. The normalized spacial score (nSPS) is 17.5. The van der Waals surface area contributed by atoms with Crippen molar-refractivity contribution >= 4 is 29.3 Å². The molecule has 1 aromatic heterocycles. The number of hydrogen-bond donors (Lipinski definition) is 0. The predicted molar refractivity (Wildman–Crippen MR) is 117 cm³/mol. The Morgan fingerprint density at radius 2 is 1.76 bits per heavy atom. The molecule has 154 valence electrons. The number of aromatic nitrogens is 2. The number of halogens is 1. The number of nitrogens with zero attached hydrogens (tertiary/aromatic N) is 5. The summed E-state index contributed by atoms with van der Waals surface area (Å²) in [4.78, 5) is 28.4. The molecule has 2 aromatic rings. The Balaban J connectivity index is 1.29. The first-order chi connectivity index (χ1) is 14.2. The van der Waals surface area contributed by atoms with E-state index in [2.05, 4.69) is 14.8 Å². The summed E-state index contributed by atoms with van der Waals surface area (Å²) in [6.45, 7) is 5.16. The van der Waals surface area contributed by atoms with Gasteiger partial charge in [-0.25, -0.2) is 4.98 Å². The lowest BCUT2D eigenvalue weighted by Crippen LogP contribution is -2.49. The molecule has 29 heavy (non-hydrogen) atoms. The first kappa shape index (κ1) is 20.0. The third-order valence-corrected chi connectivity index (χ3v) is 5.98. The van der Waals surface area contributed by atoms with Gasteiger partial charge in [-0.3, -0.25) is 4.79 Å². The van der Waals surface area contributed by atoms with Gasteiger partial charge in [0.25, 0.3) is 0 Å². The van der Waals surface area contributed by atoms with Crippen LogP contribution in [0.3, 0.4) is 0 Å². The molecule has 1 amide bonds. The summed E-state index contributed by atoms with van der Waals surface area (Å²) >= 11 is 6.03. The minimum atomic E-state index is 0.210. The average molecular weight is 414 g/mol. The van der Waals surface area contributed by atoms with Crippen molar-refractivity contribution < 1.29 is 4.79 Å². The Kier molecular flexibility index (Phi) is 6.49. The zero-order chi connectivity index (χ0) is 20.1. The molecule has 6 nitrogen and oxygen atoms in total. The summed E-state index contributed by atoms with van der Waals surface area (Å²) in [5, 5.41) is 0.720. The molecule has 4 rings (SSSR count). The SMILES string of the molecule is O=C(CCc1cccc(Cl)c1)N1CCN(c2ccnc(N3CCCCC3)n2)CC1. The lowest BCUT2D eigenvalue weighted by atomic mass is 10.1. The molecule has 0 radical (unpaired) electrons. The van der Waals surface area contributed by atoms with Crippen molar-refractivity contribution in [2.24, 2.45) is 0 Å². The molecule has 2 fully saturated rings. The number of aryl methyl sites for hydroxylation is 1. The second-order valence-electron chi connectivity index (χ2n) is 7.76. The third-order valence-electron chi connectivity index (χ3n) is 5.74. The number of piperidine rings is 1. The number of carbonyl (C=O) groups excluding carboxylic acids is 1. The molecule has 0 spiro atoms. The Morgan fingerprint density at radius 1 is 0.966 bits per heavy atom. The minimum absolute atomic E-state index is 0.210. The van der Waals surface area contributed by atoms with Crippen LogP contribution in [0.5, 0.6) is 0 Å². The summed E-state index contributed by atoms with van der Waals surface area (Å²) in [7, 11) is 0. The molecule has 2 aliphatic heterocycles. The van der Waals surface area contributed by atoms with Gasteiger partial charge in [-0.05, 0) is 49.4 Å². The van der Waals surface area contributed by atoms with E-state index in [1.54, 1.807) is 0 Å². The van der Waals surface area contributed by atoms with Gasteiger partial charge in [0.05, 0.1) is 0 Å². The number of hydrogen-bond acceptors (Lipinski definition) is 5. The van der Waals surface area contributed by atoms with Crippen LogP contribution in [-0.2, 0) is 11.2 Å². The number of anilines is 2. The fraction of sp³-hybridized carbons (Fsp3) is 0.500. The second-order valence-corrected chi connectivity index (χ2v) is 8.20. The molecule has 0 aliphatic carbocycles. The maximum atomic E-state index is 12.6. The van der Waals surface area contributed by atoms with Gasteiger partial charge in [0.2, 0.25) is 11.9 Å². The van der Waals surface area contributed by atoms with Crippen molar-refractivity contribution in [3.05, 3.63) is 47.1 Å². The minimum Gasteiger partial charge on any atom is -0.353 e. The first-order valence-electron chi connectivity index (χ1n) is 10.5. The van der Waals surface area contributed by atoms with E-state index in [1.807, 2.05) is 41.4 Å². The van der Waals surface area contributed by atoms with Crippen molar-refractivity contribution in [1.29, 1.82) is 0 Å². The van der Waals surface area contributed by atoms with Crippen LogP contribution in [-0.4, -0.2) is 60.0 Å². The maximum absolute atomic E-state index is 12.6. The predicted octanol–water partition coefficient (Wildman–Crippen LogP) is 3.40. The highest BCUT2D eigenvalue weighted by Gasteiger charge is 2.23. The van der Waals surface area contributed by atoms with E-state index in [9.17, 15) is 4.79 Å². The van der Waals surface area contributed by atoms with Gasteiger partial charge in [0.15, 0.2) is 0 Å². The van der Waals surface area contributed by atoms with Gasteiger partial charge in [-0.2, -0.15) is 4.98 Å². The van der Waals surface area contributed by atoms with Crippen molar-refractivity contribution in [2.45, 2.75) is 32.1 Å². The Morgan fingerprint density at radius 3 is 2.52 bits per heavy atom. The quantitative estimate of drug-likeness (QED) is 0.751. The van der Waals surface area contributed by atoms with Crippen LogP contribution in [0.2, 0.25) is 5.02 Å². The van der Waals surface area contributed by atoms with E-state index in [0.29, 0.717) is 6.42 Å². The van der Waals surface area contributed by atoms with Gasteiger partial charge in [-0.15, -0.1) is 0 Å². The van der Waals surface area contributed by atoms with E-state index in [-0.39, 0.29) is 5.91 Å². The number of piperazine rings is 1. The molecule has 2 aliphatic rings. The van der Waals surface area contributed by atoms with E-state index >= 15 is 0 Å². The largest absolute Gasteiger partial charge is 0.353 e. The molecule has 0 bridgehead atoms. The number of rotatable bonds is 5. The molecule has 0 N–H and O–H groups in total. The number of amides is 1. The Labute approximate surface area is 177 Å². The van der Waals surface area contributed by atoms with E-state index in [0.717, 1.165) is 68.0 Å². The van der Waals surface area contributed by atoms with Crippen LogP contribution < -0.4 is 9.80 Å². The highest BCUT2D eigenvalue weighted by molar-refractivity contribution is 6.30. The molecule has 1 aromatic carbocycles. The fourth-order valence-electron chi connectivity index (χ4n) is 4.05. The summed E-state index contributed by atoms with van der Waals surface area (Å²) in [6, 6.07) is 9.72. The molecular formula is C22H28ClN5O. The number of carbonyl (C=O) groups is 1. The lowest BCUT2D eigenvalue weighted by Gasteiger charge is -2.36. The average Bonchev–Trinajstić information content (AvgIpc) is 2.78. The highest BCUT2D eigenvalue weighted by Crippen LogP contribution is 2.20. The van der Waals surface area contributed by atoms with E-state index < -0.39 is 0 Å². The van der Waals surface area contributed by atoms with Gasteiger partial charge in [0.1, 0.15) is 5.82 Å². The molecule has 0 saturated carbocycles. The van der Waals surface area contributed by atoms with Crippen molar-refractivity contribution in [1.82, 2.24) is 14.9 Å². The van der Waals surface area contributed by atoms with Crippen LogP contribution in [0, 0.1) is 0 Å². The summed E-state index contributed by atoms with van der Waals surface area (Å²) < 4.78 is 0. The van der Waals surface area contributed by atoms with E-state index in [4.69, 9.17) is 16.6 Å². The van der Waals surface area contributed by atoms with Gasteiger partial charge in [0, 0.05) is 56.9 Å². The zero-order valence-electron chi connectivity index (χ0n) is 16.8. The van der Waals surface area contributed by atoms with Crippen LogP contribution in [0.15, 0.2) is 36.5 Å². The van der Waals surface area contributed by atoms with Crippen molar-refractivity contribution in [3.8, 4) is 0 Å². The van der Waals surface area contributed by atoms with Crippen molar-refractivity contribution in [2.75, 3.05) is 49.1 Å². The topological polar surface area (TPSA) is 52.6 Å². The molecule has 0 atom stereocenters. The van der Waals surface area contributed by atoms with Gasteiger partial charge >= 0.3 is 0 Å². The van der Waals surface area contributed by atoms with Gasteiger partial charge < -0.3 is 14.7 Å². The highest BCUT2D eigenvalue weighted by atomic mass is 35.5. The standard InChI is InChI=1S/C22H28ClN5O/c23-19-6-4-5-18(17-19)7-8-21(29)27-15-13-26(14-16-27)20-9-10-24-22(25-20)28-11-2-1-3-12-28/h4-6,9-10,17H,1-3,7-8,11-16H2. The second kappa shape index (κ2) is 9.44. The fourth-order valence-corrected chi connectivity index (χ4v) is 4.26. The third kappa shape index (κ3) is 5.18. The summed E-state index contributed by atoms with van der Waals surface area (Å²) in [5.74, 6) is 2.01.